The highest BCUT2D eigenvalue weighted by atomic mass is 35.5. The molecule has 0 spiro atoms. The Labute approximate surface area is 196 Å². The molecule has 0 aromatic heterocycles. The van der Waals surface area contributed by atoms with Crippen molar-refractivity contribution in [3.63, 3.8) is 0 Å². The maximum absolute atomic E-state index is 13.3. The average Bonchev–Trinajstić information content (AvgIpc) is 2.74. The summed E-state index contributed by atoms with van der Waals surface area (Å²) in [6.45, 7) is 4.49. The summed E-state index contributed by atoms with van der Waals surface area (Å²) in [6, 6.07) is 11.2. The third-order valence-corrected chi connectivity index (χ3v) is 7.45. The molecular formula is C22H22Cl3N3OS. The molecular weight excluding hydrogens is 461 g/mol. The van der Waals surface area contributed by atoms with Gasteiger partial charge in [0.15, 0.2) is 0 Å². The summed E-state index contributed by atoms with van der Waals surface area (Å²) in [7, 11) is 2.13. The van der Waals surface area contributed by atoms with E-state index in [1.807, 2.05) is 24.3 Å². The maximum Gasteiger partial charge on any atom is 0.264 e. The molecule has 4 nitrogen and oxygen atoms in total. The first-order chi connectivity index (χ1) is 14.4. The first-order valence-electron chi connectivity index (χ1n) is 9.77. The summed E-state index contributed by atoms with van der Waals surface area (Å²) in [5, 5.41) is 1.57. The topological polar surface area (TPSA) is 26.8 Å². The lowest BCUT2D eigenvalue weighted by molar-refractivity contribution is -0.114. The standard InChI is InChI=1S/C22H22Cl3N3OS/c1-26-7-9-27(10-8-26)20-4-2-3-17(23)16(20)14-21-22(29)28(11-12-30-21)15-5-6-18(24)19(25)13-15/h2-6,13-14H,7-12H2,1H3. The lowest BCUT2D eigenvalue weighted by Crippen LogP contribution is -2.44. The smallest absolute Gasteiger partial charge is 0.264 e. The zero-order valence-corrected chi connectivity index (χ0v) is 19.7. The fourth-order valence-electron chi connectivity index (χ4n) is 3.67. The predicted molar refractivity (Wildman–Crippen MR) is 130 cm³/mol. The Morgan fingerprint density at radius 2 is 1.70 bits per heavy atom. The molecule has 0 saturated carbocycles. The number of carbonyl (C=O) groups is 1. The van der Waals surface area contributed by atoms with E-state index in [1.54, 1.807) is 28.8 Å². The van der Waals surface area contributed by atoms with Crippen LogP contribution >= 0.6 is 46.6 Å². The van der Waals surface area contributed by atoms with E-state index in [4.69, 9.17) is 34.8 Å². The van der Waals surface area contributed by atoms with Gasteiger partial charge in [0.25, 0.3) is 5.91 Å². The number of hydrogen-bond acceptors (Lipinski definition) is 4. The van der Waals surface area contributed by atoms with Crippen molar-refractivity contribution in [2.24, 2.45) is 0 Å². The van der Waals surface area contributed by atoms with Crippen molar-refractivity contribution in [1.29, 1.82) is 0 Å². The van der Waals surface area contributed by atoms with Gasteiger partial charge in [-0.15, -0.1) is 11.8 Å². The average molecular weight is 483 g/mol. The van der Waals surface area contributed by atoms with Crippen LogP contribution in [0.5, 0.6) is 0 Å². The van der Waals surface area contributed by atoms with Gasteiger partial charge in [0.2, 0.25) is 0 Å². The molecule has 0 aliphatic carbocycles. The van der Waals surface area contributed by atoms with Crippen LogP contribution in [0.1, 0.15) is 5.56 Å². The highest BCUT2D eigenvalue weighted by molar-refractivity contribution is 8.04. The van der Waals surface area contributed by atoms with Crippen LogP contribution in [0.25, 0.3) is 6.08 Å². The first kappa shape index (κ1) is 21.8. The molecule has 2 aromatic carbocycles. The number of amides is 1. The summed E-state index contributed by atoms with van der Waals surface area (Å²) >= 11 is 20.4. The van der Waals surface area contributed by atoms with Crippen LogP contribution in [-0.2, 0) is 4.79 Å². The van der Waals surface area contributed by atoms with Gasteiger partial charge in [-0.3, -0.25) is 4.79 Å². The van der Waals surface area contributed by atoms with E-state index in [0.717, 1.165) is 48.9 Å². The lowest BCUT2D eigenvalue weighted by atomic mass is 10.1. The van der Waals surface area contributed by atoms with Crippen molar-refractivity contribution in [3.8, 4) is 0 Å². The number of rotatable bonds is 3. The van der Waals surface area contributed by atoms with Crippen molar-refractivity contribution in [1.82, 2.24) is 4.90 Å². The Morgan fingerprint density at radius 1 is 0.933 bits per heavy atom. The minimum Gasteiger partial charge on any atom is -0.368 e. The first-order valence-corrected chi connectivity index (χ1v) is 11.9. The normalized spacial score (nSPS) is 19.6. The monoisotopic (exact) mass is 481 g/mol. The Hall–Kier alpha value is -1.37. The number of carbonyl (C=O) groups excluding carboxylic acids is 1. The Balaban J connectivity index is 1.66. The summed E-state index contributed by atoms with van der Waals surface area (Å²) < 4.78 is 0. The number of anilines is 2. The van der Waals surface area contributed by atoms with E-state index in [2.05, 4.69) is 22.9 Å². The molecule has 0 N–H and O–H groups in total. The van der Waals surface area contributed by atoms with Crippen LogP contribution in [0, 0.1) is 0 Å². The van der Waals surface area contributed by atoms with E-state index in [-0.39, 0.29) is 5.91 Å². The highest BCUT2D eigenvalue weighted by Gasteiger charge is 2.27. The molecule has 158 valence electrons. The second-order valence-corrected chi connectivity index (χ2v) is 9.73. The molecule has 2 fully saturated rings. The van der Waals surface area contributed by atoms with Gasteiger partial charge in [0.05, 0.1) is 15.0 Å². The fraction of sp³-hybridized carbons (Fsp3) is 0.318. The largest absolute Gasteiger partial charge is 0.368 e. The molecule has 2 aliphatic rings. The summed E-state index contributed by atoms with van der Waals surface area (Å²) in [4.78, 5) is 20.3. The van der Waals surface area contributed by atoms with Crippen molar-refractivity contribution in [3.05, 3.63) is 61.9 Å². The van der Waals surface area contributed by atoms with E-state index in [0.29, 0.717) is 26.5 Å². The number of halogens is 3. The van der Waals surface area contributed by atoms with Crippen LogP contribution < -0.4 is 9.80 Å². The number of piperazine rings is 1. The number of likely N-dealkylation sites (N-methyl/N-ethyl adjacent to an activating group) is 1. The predicted octanol–water partition coefficient (Wildman–Crippen LogP) is 5.52. The quantitative estimate of drug-likeness (QED) is 0.538. The SMILES string of the molecule is CN1CCN(c2cccc(Cl)c2C=C2SCCN(c3ccc(Cl)c(Cl)c3)C2=O)CC1. The van der Waals surface area contributed by atoms with Gasteiger partial charge in [-0.05, 0) is 43.5 Å². The van der Waals surface area contributed by atoms with Gasteiger partial charge in [-0.1, -0.05) is 40.9 Å². The van der Waals surface area contributed by atoms with Gasteiger partial charge in [-0.25, -0.2) is 0 Å². The van der Waals surface area contributed by atoms with Gasteiger partial charge < -0.3 is 14.7 Å². The van der Waals surface area contributed by atoms with Crippen molar-refractivity contribution in [2.45, 2.75) is 0 Å². The minimum absolute atomic E-state index is 0.0473. The third kappa shape index (κ3) is 4.61. The van der Waals surface area contributed by atoms with Crippen molar-refractivity contribution < 1.29 is 4.79 Å². The molecule has 2 heterocycles. The zero-order valence-electron chi connectivity index (χ0n) is 16.6. The molecule has 4 rings (SSSR count). The van der Waals surface area contributed by atoms with Gasteiger partial charge in [0, 0.05) is 60.4 Å². The fourth-order valence-corrected chi connectivity index (χ4v) is 5.11. The van der Waals surface area contributed by atoms with Gasteiger partial charge >= 0.3 is 0 Å². The number of hydrogen-bond donors (Lipinski definition) is 0. The highest BCUT2D eigenvalue weighted by Crippen LogP contribution is 2.36. The molecule has 0 radical (unpaired) electrons. The van der Waals surface area contributed by atoms with Crippen molar-refractivity contribution >= 4 is 69.9 Å². The molecule has 0 unspecified atom stereocenters. The lowest BCUT2D eigenvalue weighted by Gasteiger charge is -2.35. The minimum atomic E-state index is -0.0473. The molecule has 2 saturated heterocycles. The Morgan fingerprint density at radius 3 is 2.43 bits per heavy atom. The summed E-state index contributed by atoms with van der Waals surface area (Å²) in [5.74, 6) is 0.750. The second-order valence-electron chi connectivity index (χ2n) is 7.38. The van der Waals surface area contributed by atoms with Crippen LogP contribution in [0.3, 0.4) is 0 Å². The molecule has 0 bridgehead atoms. The molecule has 0 atom stereocenters. The number of nitrogens with zero attached hydrogens (tertiary/aromatic N) is 3. The molecule has 2 aromatic rings. The van der Waals surface area contributed by atoms with E-state index in [1.165, 1.54) is 0 Å². The Kier molecular flexibility index (Phi) is 6.85. The third-order valence-electron chi connectivity index (χ3n) is 5.39. The van der Waals surface area contributed by atoms with Crippen LogP contribution in [0.4, 0.5) is 11.4 Å². The van der Waals surface area contributed by atoms with Crippen LogP contribution in [-0.4, -0.2) is 56.3 Å². The maximum atomic E-state index is 13.3. The number of benzene rings is 2. The van der Waals surface area contributed by atoms with E-state index >= 15 is 0 Å². The van der Waals surface area contributed by atoms with Gasteiger partial charge in [-0.2, -0.15) is 0 Å². The number of thioether (sulfide) groups is 1. The van der Waals surface area contributed by atoms with Crippen molar-refractivity contribution in [2.75, 3.05) is 55.3 Å². The van der Waals surface area contributed by atoms with Crippen LogP contribution in [0.15, 0.2) is 41.3 Å². The molecule has 30 heavy (non-hydrogen) atoms. The van der Waals surface area contributed by atoms with E-state index in [9.17, 15) is 4.79 Å². The second kappa shape index (κ2) is 9.41. The van der Waals surface area contributed by atoms with E-state index < -0.39 is 0 Å². The van der Waals surface area contributed by atoms with Gasteiger partial charge in [0.1, 0.15) is 0 Å². The molecule has 1 amide bonds. The summed E-state index contributed by atoms with van der Waals surface area (Å²) in [6.07, 6.45) is 1.94. The Bertz CT molecular complexity index is 990. The van der Waals surface area contributed by atoms with Crippen LogP contribution in [0.2, 0.25) is 15.1 Å². The zero-order chi connectivity index (χ0) is 21.3. The molecule has 8 heteroatoms. The summed E-state index contributed by atoms with van der Waals surface area (Å²) in [5.41, 5.74) is 2.72. The molecule has 2 aliphatic heterocycles.